The van der Waals surface area contributed by atoms with Gasteiger partial charge in [-0.3, -0.25) is 4.98 Å². The van der Waals surface area contributed by atoms with Crippen LogP contribution < -0.4 is 10.1 Å². The smallest absolute Gasteiger partial charge is 0.145 e. The molecule has 0 saturated carbocycles. The molecule has 1 aromatic heterocycles. The van der Waals surface area contributed by atoms with Crippen molar-refractivity contribution < 1.29 is 4.74 Å². The number of rotatable bonds is 8. The lowest BCUT2D eigenvalue weighted by Crippen LogP contribution is -2.26. The molecular formula is C21H23ClN2O. The number of para-hydroxylation sites is 1. The number of halogens is 1. The molecule has 4 heteroatoms. The molecule has 2 aromatic carbocycles. The fourth-order valence-electron chi connectivity index (χ4n) is 2.72. The van der Waals surface area contributed by atoms with Crippen molar-refractivity contribution in [3.05, 3.63) is 71.4 Å². The van der Waals surface area contributed by atoms with Gasteiger partial charge in [0.25, 0.3) is 0 Å². The Labute approximate surface area is 154 Å². The number of benzene rings is 2. The van der Waals surface area contributed by atoms with E-state index in [1.54, 1.807) is 6.20 Å². The van der Waals surface area contributed by atoms with Crippen molar-refractivity contribution in [2.45, 2.75) is 13.3 Å². The summed E-state index contributed by atoms with van der Waals surface area (Å²) in [5.41, 5.74) is 2.22. The first kappa shape index (κ1) is 17.7. The van der Waals surface area contributed by atoms with Crippen LogP contribution in [0.5, 0.6) is 5.75 Å². The van der Waals surface area contributed by atoms with Gasteiger partial charge in [0, 0.05) is 29.1 Å². The van der Waals surface area contributed by atoms with Gasteiger partial charge in [0.2, 0.25) is 0 Å². The number of hydrogen-bond acceptors (Lipinski definition) is 3. The molecule has 0 spiro atoms. The molecule has 1 heterocycles. The maximum Gasteiger partial charge on any atom is 0.145 e. The Kier molecular flexibility index (Phi) is 6.26. The van der Waals surface area contributed by atoms with Crippen molar-refractivity contribution in [3.8, 4) is 5.75 Å². The predicted molar refractivity (Wildman–Crippen MR) is 104 cm³/mol. The van der Waals surface area contributed by atoms with E-state index in [9.17, 15) is 0 Å². The van der Waals surface area contributed by atoms with Crippen molar-refractivity contribution >= 4 is 22.5 Å². The highest BCUT2D eigenvalue weighted by Gasteiger charge is 2.06. The van der Waals surface area contributed by atoms with Crippen LogP contribution in [-0.4, -0.2) is 24.7 Å². The van der Waals surface area contributed by atoms with Gasteiger partial charge in [0.05, 0.1) is 6.61 Å². The summed E-state index contributed by atoms with van der Waals surface area (Å²) in [6.45, 7) is 4.73. The van der Waals surface area contributed by atoms with Crippen LogP contribution in [0.3, 0.4) is 0 Å². The largest absolute Gasteiger partial charge is 0.491 e. The second-order valence-corrected chi connectivity index (χ2v) is 6.76. The van der Waals surface area contributed by atoms with E-state index in [1.165, 1.54) is 5.56 Å². The molecule has 1 unspecified atom stereocenters. The summed E-state index contributed by atoms with van der Waals surface area (Å²) in [6.07, 6.45) is 2.80. The highest BCUT2D eigenvalue weighted by molar-refractivity contribution is 6.30. The minimum atomic E-state index is 0.421. The van der Waals surface area contributed by atoms with Gasteiger partial charge in [-0.05, 0) is 42.8 Å². The molecule has 0 aliphatic carbocycles. The molecule has 0 fully saturated rings. The Morgan fingerprint density at radius 3 is 2.72 bits per heavy atom. The SMILES string of the molecule is CC(CNCCc1ccc(Cl)cc1)COc1cccc2cccnc12. The lowest BCUT2D eigenvalue weighted by atomic mass is 10.1. The van der Waals surface area contributed by atoms with Crippen LogP contribution >= 0.6 is 11.6 Å². The molecule has 0 aliphatic rings. The van der Waals surface area contributed by atoms with E-state index in [4.69, 9.17) is 16.3 Å². The molecule has 1 atom stereocenters. The Bertz CT molecular complexity index is 799. The van der Waals surface area contributed by atoms with E-state index >= 15 is 0 Å². The molecule has 0 aliphatic heterocycles. The summed E-state index contributed by atoms with van der Waals surface area (Å²) < 4.78 is 5.99. The predicted octanol–water partition coefficient (Wildman–Crippen LogP) is 4.74. The third kappa shape index (κ3) is 5.18. The minimum absolute atomic E-state index is 0.421. The number of hydrogen-bond donors (Lipinski definition) is 1. The first-order chi connectivity index (χ1) is 12.2. The number of nitrogens with zero attached hydrogens (tertiary/aromatic N) is 1. The fraction of sp³-hybridized carbons (Fsp3) is 0.286. The Hall–Kier alpha value is -2.10. The van der Waals surface area contributed by atoms with Gasteiger partial charge < -0.3 is 10.1 Å². The van der Waals surface area contributed by atoms with Gasteiger partial charge in [0.15, 0.2) is 0 Å². The van der Waals surface area contributed by atoms with Crippen LogP contribution in [0.1, 0.15) is 12.5 Å². The molecule has 25 heavy (non-hydrogen) atoms. The second-order valence-electron chi connectivity index (χ2n) is 6.33. The fourth-order valence-corrected chi connectivity index (χ4v) is 2.84. The van der Waals surface area contributed by atoms with Crippen LogP contribution in [0.25, 0.3) is 10.9 Å². The first-order valence-electron chi connectivity index (χ1n) is 8.64. The topological polar surface area (TPSA) is 34.1 Å². The molecule has 0 bridgehead atoms. The van der Waals surface area contributed by atoms with Crippen molar-refractivity contribution in [2.24, 2.45) is 5.92 Å². The lowest BCUT2D eigenvalue weighted by molar-refractivity contribution is 0.258. The van der Waals surface area contributed by atoms with E-state index in [2.05, 4.69) is 41.5 Å². The Morgan fingerprint density at radius 2 is 1.88 bits per heavy atom. The average molecular weight is 355 g/mol. The quantitative estimate of drug-likeness (QED) is 0.593. The molecule has 3 aromatic rings. The zero-order chi connectivity index (χ0) is 17.5. The summed E-state index contributed by atoms with van der Waals surface area (Å²) >= 11 is 5.90. The third-order valence-electron chi connectivity index (χ3n) is 4.12. The highest BCUT2D eigenvalue weighted by Crippen LogP contribution is 2.23. The summed E-state index contributed by atoms with van der Waals surface area (Å²) in [6, 6.07) is 18.1. The Balaban J connectivity index is 1.42. The van der Waals surface area contributed by atoms with Crippen molar-refractivity contribution in [3.63, 3.8) is 0 Å². The molecule has 0 saturated heterocycles. The van der Waals surface area contributed by atoms with Crippen LogP contribution in [-0.2, 0) is 6.42 Å². The number of fused-ring (bicyclic) bond motifs is 1. The van der Waals surface area contributed by atoms with Crippen LogP contribution in [0.2, 0.25) is 5.02 Å². The number of nitrogens with one attached hydrogen (secondary N) is 1. The Morgan fingerprint density at radius 1 is 1.08 bits per heavy atom. The van der Waals surface area contributed by atoms with Crippen molar-refractivity contribution in [1.82, 2.24) is 10.3 Å². The van der Waals surface area contributed by atoms with Crippen LogP contribution in [0.4, 0.5) is 0 Å². The summed E-state index contributed by atoms with van der Waals surface area (Å²) in [4.78, 5) is 4.42. The van der Waals surface area contributed by atoms with E-state index in [0.717, 1.165) is 41.2 Å². The second kappa shape index (κ2) is 8.84. The van der Waals surface area contributed by atoms with E-state index < -0.39 is 0 Å². The number of aromatic nitrogens is 1. The number of ether oxygens (including phenoxy) is 1. The summed E-state index contributed by atoms with van der Waals surface area (Å²) in [7, 11) is 0. The monoisotopic (exact) mass is 354 g/mol. The molecule has 1 N–H and O–H groups in total. The zero-order valence-corrected chi connectivity index (χ0v) is 15.2. The first-order valence-corrected chi connectivity index (χ1v) is 9.02. The minimum Gasteiger partial charge on any atom is -0.491 e. The maximum atomic E-state index is 5.99. The maximum absolute atomic E-state index is 5.99. The van der Waals surface area contributed by atoms with Gasteiger partial charge in [-0.25, -0.2) is 0 Å². The molecule has 130 valence electrons. The van der Waals surface area contributed by atoms with Crippen LogP contribution in [0.15, 0.2) is 60.8 Å². The van der Waals surface area contributed by atoms with Gasteiger partial charge >= 0.3 is 0 Å². The third-order valence-corrected chi connectivity index (χ3v) is 4.37. The zero-order valence-electron chi connectivity index (χ0n) is 14.4. The van der Waals surface area contributed by atoms with Crippen molar-refractivity contribution in [1.29, 1.82) is 0 Å². The molecule has 0 amide bonds. The molecule has 0 radical (unpaired) electrons. The summed E-state index contributed by atoms with van der Waals surface area (Å²) in [5, 5.41) is 5.38. The molecular weight excluding hydrogens is 332 g/mol. The van der Waals surface area contributed by atoms with Gasteiger partial charge in [-0.1, -0.05) is 48.9 Å². The standard InChI is InChI=1S/C21H23ClN2O/c1-16(14-23-13-11-17-7-9-19(22)10-8-17)15-25-20-6-2-4-18-5-3-12-24-21(18)20/h2-10,12,16,23H,11,13-15H2,1H3. The number of pyridine rings is 1. The molecule has 3 nitrogen and oxygen atoms in total. The van der Waals surface area contributed by atoms with E-state index in [-0.39, 0.29) is 0 Å². The van der Waals surface area contributed by atoms with E-state index in [0.29, 0.717) is 12.5 Å². The van der Waals surface area contributed by atoms with Gasteiger partial charge in [-0.15, -0.1) is 0 Å². The average Bonchev–Trinajstić information content (AvgIpc) is 2.65. The summed E-state index contributed by atoms with van der Waals surface area (Å²) in [5.74, 6) is 1.27. The normalized spacial score (nSPS) is 12.2. The van der Waals surface area contributed by atoms with Gasteiger partial charge in [-0.2, -0.15) is 0 Å². The van der Waals surface area contributed by atoms with Crippen LogP contribution in [0, 0.1) is 5.92 Å². The highest BCUT2D eigenvalue weighted by atomic mass is 35.5. The van der Waals surface area contributed by atoms with E-state index in [1.807, 2.05) is 30.3 Å². The van der Waals surface area contributed by atoms with Gasteiger partial charge in [0.1, 0.15) is 11.3 Å². The lowest BCUT2D eigenvalue weighted by Gasteiger charge is -2.15. The van der Waals surface area contributed by atoms with Crippen molar-refractivity contribution in [2.75, 3.05) is 19.7 Å². The molecule has 3 rings (SSSR count).